The van der Waals surface area contributed by atoms with E-state index in [1.165, 1.54) is 16.6 Å². The summed E-state index contributed by atoms with van der Waals surface area (Å²) in [5.74, 6) is 0. The summed E-state index contributed by atoms with van der Waals surface area (Å²) >= 11 is 5.99. The highest BCUT2D eigenvalue weighted by Crippen LogP contribution is 2.37. The molecule has 0 saturated heterocycles. The van der Waals surface area contributed by atoms with Crippen LogP contribution in [-0.4, -0.2) is 9.97 Å². The zero-order chi connectivity index (χ0) is 14.4. The van der Waals surface area contributed by atoms with Crippen molar-refractivity contribution in [1.82, 2.24) is 9.97 Å². The van der Waals surface area contributed by atoms with Gasteiger partial charge in [-0.25, -0.2) is 0 Å². The number of nitrogens with zero attached hydrogens (tertiary/aromatic N) is 1. The summed E-state index contributed by atoms with van der Waals surface area (Å²) in [6.45, 7) is 0. The first-order valence-corrected chi connectivity index (χ1v) is 7.63. The number of aromatic amines is 1. The van der Waals surface area contributed by atoms with Gasteiger partial charge in [-0.2, -0.15) is 0 Å². The van der Waals surface area contributed by atoms with Gasteiger partial charge in [0.25, 0.3) is 0 Å². The highest BCUT2D eigenvalue weighted by Gasteiger charge is 2.23. The highest BCUT2D eigenvalue weighted by molar-refractivity contribution is 6.30. The number of H-pyrrole nitrogens is 1. The Balaban J connectivity index is 1.99. The van der Waals surface area contributed by atoms with E-state index in [1.807, 2.05) is 36.5 Å². The first-order chi connectivity index (χ1) is 10.2. The Morgan fingerprint density at radius 1 is 1.19 bits per heavy atom. The number of aromatic nitrogens is 2. The Morgan fingerprint density at radius 3 is 2.81 bits per heavy atom. The van der Waals surface area contributed by atoms with Gasteiger partial charge < -0.3 is 10.7 Å². The number of rotatable bonds is 1. The van der Waals surface area contributed by atoms with E-state index in [0.29, 0.717) is 0 Å². The Labute approximate surface area is 128 Å². The third-order valence-corrected chi connectivity index (χ3v) is 4.53. The predicted molar refractivity (Wildman–Crippen MR) is 86.4 cm³/mol. The van der Waals surface area contributed by atoms with Crippen LogP contribution in [-0.2, 0) is 6.42 Å². The number of pyridine rings is 1. The first kappa shape index (κ1) is 12.9. The minimum atomic E-state index is 0.110. The summed E-state index contributed by atoms with van der Waals surface area (Å²) in [5.41, 5.74) is 12.0. The summed E-state index contributed by atoms with van der Waals surface area (Å²) < 4.78 is 0. The van der Waals surface area contributed by atoms with Gasteiger partial charge in [-0.1, -0.05) is 23.7 Å². The molecule has 0 fully saturated rings. The molecule has 1 aliphatic rings. The van der Waals surface area contributed by atoms with E-state index in [2.05, 4.69) is 9.97 Å². The molecule has 4 heteroatoms. The summed E-state index contributed by atoms with van der Waals surface area (Å²) in [4.78, 5) is 8.10. The molecule has 0 radical (unpaired) electrons. The van der Waals surface area contributed by atoms with Crippen LogP contribution in [0.15, 0.2) is 36.5 Å². The molecule has 21 heavy (non-hydrogen) atoms. The fourth-order valence-electron chi connectivity index (χ4n) is 3.27. The maximum Gasteiger partial charge on any atom is 0.0798 e. The van der Waals surface area contributed by atoms with Crippen molar-refractivity contribution >= 4 is 22.5 Å². The summed E-state index contributed by atoms with van der Waals surface area (Å²) in [6.07, 6.45) is 5.09. The van der Waals surface area contributed by atoms with Gasteiger partial charge in [0.05, 0.1) is 5.69 Å². The molecule has 0 spiro atoms. The second-order valence-electron chi connectivity index (χ2n) is 5.60. The topological polar surface area (TPSA) is 54.7 Å². The minimum absolute atomic E-state index is 0.110. The minimum Gasteiger partial charge on any atom is -0.357 e. The van der Waals surface area contributed by atoms with E-state index in [4.69, 9.17) is 17.3 Å². The van der Waals surface area contributed by atoms with E-state index in [0.717, 1.165) is 41.1 Å². The molecule has 1 atom stereocenters. The summed E-state index contributed by atoms with van der Waals surface area (Å²) in [7, 11) is 0. The van der Waals surface area contributed by atoms with Crippen molar-refractivity contribution in [3.05, 3.63) is 52.8 Å². The van der Waals surface area contributed by atoms with Crippen LogP contribution < -0.4 is 5.73 Å². The van der Waals surface area contributed by atoms with Crippen LogP contribution in [0.5, 0.6) is 0 Å². The molecule has 1 aliphatic carbocycles. The lowest BCUT2D eigenvalue weighted by molar-refractivity contribution is 0.562. The molecule has 1 aromatic carbocycles. The fourth-order valence-corrected chi connectivity index (χ4v) is 3.40. The molecule has 4 rings (SSSR count). The molecule has 0 amide bonds. The van der Waals surface area contributed by atoms with Crippen molar-refractivity contribution in [3.8, 4) is 11.3 Å². The van der Waals surface area contributed by atoms with Gasteiger partial charge in [-0.05, 0) is 43.0 Å². The third-order valence-electron chi connectivity index (χ3n) is 4.28. The van der Waals surface area contributed by atoms with Gasteiger partial charge in [-0.3, -0.25) is 4.98 Å². The molecule has 106 valence electrons. The molecule has 0 saturated carbocycles. The molecule has 1 unspecified atom stereocenters. The average molecular weight is 298 g/mol. The number of fused-ring (bicyclic) bond motifs is 3. The van der Waals surface area contributed by atoms with Gasteiger partial charge in [0, 0.05) is 39.4 Å². The van der Waals surface area contributed by atoms with Gasteiger partial charge >= 0.3 is 0 Å². The van der Waals surface area contributed by atoms with E-state index in [1.54, 1.807) is 0 Å². The number of hydrogen-bond donors (Lipinski definition) is 2. The number of benzene rings is 1. The highest BCUT2D eigenvalue weighted by atomic mass is 35.5. The van der Waals surface area contributed by atoms with Crippen molar-refractivity contribution < 1.29 is 0 Å². The molecule has 0 aliphatic heterocycles. The van der Waals surface area contributed by atoms with Crippen molar-refractivity contribution in [1.29, 1.82) is 0 Å². The lowest BCUT2D eigenvalue weighted by Gasteiger charge is -2.18. The maximum absolute atomic E-state index is 6.25. The molecule has 3 aromatic rings. The van der Waals surface area contributed by atoms with E-state index in [9.17, 15) is 0 Å². The SMILES string of the molecule is NC1CCCc2c1[nH]c1ccnc(-c3ccc(Cl)cc3)c21. The molecular weight excluding hydrogens is 282 g/mol. The normalized spacial score (nSPS) is 17.9. The lowest BCUT2D eigenvalue weighted by atomic mass is 9.91. The Kier molecular flexibility index (Phi) is 2.98. The van der Waals surface area contributed by atoms with Crippen LogP contribution in [0.25, 0.3) is 22.2 Å². The zero-order valence-electron chi connectivity index (χ0n) is 11.6. The standard InChI is InChI=1S/C17H16ClN3/c18-11-6-4-10(5-7-11)16-15-12-2-1-3-13(19)17(12)21-14(15)8-9-20-16/h4-9,13,21H,1-3,19H2. The molecule has 2 heterocycles. The van der Waals surface area contributed by atoms with Crippen molar-refractivity contribution in [3.63, 3.8) is 0 Å². The number of hydrogen-bond acceptors (Lipinski definition) is 2. The lowest BCUT2D eigenvalue weighted by Crippen LogP contribution is -2.16. The summed E-state index contributed by atoms with van der Waals surface area (Å²) in [6, 6.07) is 9.99. The Morgan fingerprint density at radius 2 is 2.00 bits per heavy atom. The zero-order valence-corrected chi connectivity index (χ0v) is 12.3. The van der Waals surface area contributed by atoms with Crippen LogP contribution in [0.2, 0.25) is 5.02 Å². The van der Waals surface area contributed by atoms with Crippen LogP contribution in [0, 0.1) is 0 Å². The van der Waals surface area contributed by atoms with E-state index in [-0.39, 0.29) is 6.04 Å². The van der Waals surface area contributed by atoms with Crippen LogP contribution in [0.3, 0.4) is 0 Å². The second-order valence-corrected chi connectivity index (χ2v) is 6.04. The summed E-state index contributed by atoms with van der Waals surface area (Å²) in [5, 5.41) is 1.95. The predicted octanol–water partition coefficient (Wildman–Crippen LogP) is 4.22. The van der Waals surface area contributed by atoms with Crippen LogP contribution in [0.1, 0.15) is 30.1 Å². The number of aryl methyl sites for hydroxylation is 1. The number of halogens is 1. The van der Waals surface area contributed by atoms with Crippen molar-refractivity contribution in [2.24, 2.45) is 5.73 Å². The molecule has 0 bridgehead atoms. The fraction of sp³-hybridized carbons (Fsp3) is 0.235. The van der Waals surface area contributed by atoms with Crippen LogP contribution >= 0.6 is 11.6 Å². The van der Waals surface area contributed by atoms with E-state index >= 15 is 0 Å². The molecule has 3 nitrogen and oxygen atoms in total. The molecular formula is C17H16ClN3. The third kappa shape index (κ3) is 2.04. The maximum atomic E-state index is 6.25. The van der Waals surface area contributed by atoms with Crippen LogP contribution in [0.4, 0.5) is 0 Å². The van der Waals surface area contributed by atoms with Gasteiger partial charge in [0.1, 0.15) is 0 Å². The number of nitrogens with one attached hydrogen (secondary N) is 1. The Hall–Kier alpha value is -1.84. The van der Waals surface area contributed by atoms with Gasteiger partial charge in [0.2, 0.25) is 0 Å². The Bertz CT molecular complexity index is 805. The first-order valence-electron chi connectivity index (χ1n) is 7.25. The second kappa shape index (κ2) is 4.86. The quantitative estimate of drug-likeness (QED) is 0.706. The van der Waals surface area contributed by atoms with Gasteiger partial charge in [0.15, 0.2) is 0 Å². The average Bonchev–Trinajstić information content (AvgIpc) is 2.88. The van der Waals surface area contributed by atoms with Gasteiger partial charge in [-0.15, -0.1) is 0 Å². The van der Waals surface area contributed by atoms with Crippen molar-refractivity contribution in [2.45, 2.75) is 25.3 Å². The largest absolute Gasteiger partial charge is 0.357 e. The monoisotopic (exact) mass is 297 g/mol. The molecule has 2 aromatic heterocycles. The van der Waals surface area contributed by atoms with E-state index < -0.39 is 0 Å². The smallest absolute Gasteiger partial charge is 0.0798 e. The van der Waals surface area contributed by atoms with Crippen molar-refractivity contribution in [2.75, 3.05) is 0 Å². The molecule has 3 N–H and O–H groups in total. The number of nitrogens with two attached hydrogens (primary N) is 1.